The molecular formula is C17H25N3O. The molecule has 0 aliphatic carbocycles. The van der Waals surface area contributed by atoms with Crippen molar-refractivity contribution in [3.63, 3.8) is 0 Å². The van der Waals surface area contributed by atoms with Gasteiger partial charge in [0.15, 0.2) is 0 Å². The third-order valence-corrected chi connectivity index (χ3v) is 3.52. The number of para-hydroxylation sites is 1. The van der Waals surface area contributed by atoms with Gasteiger partial charge in [-0.1, -0.05) is 25.1 Å². The van der Waals surface area contributed by atoms with Crippen LogP contribution in [-0.2, 0) is 11.3 Å². The summed E-state index contributed by atoms with van der Waals surface area (Å²) in [6.07, 6.45) is 1.13. The van der Waals surface area contributed by atoms with Crippen molar-refractivity contribution in [3.05, 3.63) is 36.0 Å². The van der Waals surface area contributed by atoms with E-state index in [1.54, 1.807) is 7.11 Å². The van der Waals surface area contributed by atoms with Gasteiger partial charge in [-0.3, -0.25) is 4.98 Å². The van der Waals surface area contributed by atoms with Gasteiger partial charge in [-0.15, -0.1) is 0 Å². The van der Waals surface area contributed by atoms with Gasteiger partial charge in [-0.25, -0.2) is 0 Å². The summed E-state index contributed by atoms with van der Waals surface area (Å²) >= 11 is 0. The molecule has 0 unspecified atom stereocenters. The lowest BCUT2D eigenvalue weighted by molar-refractivity contribution is 0.206. The number of methoxy groups -OCH3 is 1. The number of nitrogens with one attached hydrogen (secondary N) is 1. The molecule has 0 saturated heterocycles. The van der Waals surface area contributed by atoms with Gasteiger partial charge in [-0.2, -0.15) is 0 Å². The summed E-state index contributed by atoms with van der Waals surface area (Å²) in [5.74, 6) is 0. The van der Waals surface area contributed by atoms with Gasteiger partial charge in [0.25, 0.3) is 0 Å². The smallest absolute Gasteiger partial charge is 0.0726 e. The molecule has 0 atom stereocenters. The maximum absolute atomic E-state index is 5.19. The highest BCUT2D eigenvalue weighted by Crippen LogP contribution is 2.25. The number of pyridine rings is 1. The number of ether oxygens (including phenoxy) is 1. The number of hydrogen-bond donors (Lipinski definition) is 1. The fraction of sp³-hybridized carbons (Fsp3) is 0.471. The summed E-state index contributed by atoms with van der Waals surface area (Å²) in [4.78, 5) is 6.98. The number of nitrogens with zero attached hydrogens (tertiary/aromatic N) is 2. The van der Waals surface area contributed by atoms with Crippen molar-refractivity contribution >= 4 is 16.6 Å². The fourth-order valence-electron chi connectivity index (χ4n) is 2.36. The molecule has 2 rings (SSSR count). The molecule has 0 spiro atoms. The molecular weight excluding hydrogens is 262 g/mol. The van der Waals surface area contributed by atoms with E-state index in [1.165, 1.54) is 11.1 Å². The highest BCUT2D eigenvalue weighted by molar-refractivity contribution is 5.91. The molecule has 0 bridgehead atoms. The summed E-state index contributed by atoms with van der Waals surface area (Å²) in [6.45, 7) is 5.58. The third kappa shape index (κ3) is 4.16. The molecule has 2 aromatic rings. The molecule has 0 amide bonds. The van der Waals surface area contributed by atoms with E-state index in [4.69, 9.17) is 9.72 Å². The maximum atomic E-state index is 5.19. The van der Waals surface area contributed by atoms with Crippen LogP contribution in [0.3, 0.4) is 0 Å². The van der Waals surface area contributed by atoms with Gasteiger partial charge >= 0.3 is 0 Å². The number of rotatable bonds is 8. The number of benzene rings is 1. The first kappa shape index (κ1) is 15.7. The van der Waals surface area contributed by atoms with Crippen molar-refractivity contribution < 1.29 is 4.74 Å². The Hall–Kier alpha value is -1.65. The van der Waals surface area contributed by atoms with Crippen LogP contribution in [0, 0.1) is 0 Å². The molecule has 0 saturated carbocycles. The largest absolute Gasteiger partial charge is 0.383 e. The lowest BCUT2D eigenvalue weighted by Gasteiger charge is -2.21. The van der Waals surface area contributed by atoms with Crippen LogP contribution in [-0.4, -0.2) is 38.8 Å². The first-order valence-corrected chi connectivity index (χ1v) is 7.55. The van der Waals surface area contributed by atoms with E-state index >= 15 is 0 Å². The number of hydrogen-bond acceptors (Lipinski definition) is 4. The average molecular weight is 287 g/mol. The Morgan fingerprint density at radius 3 is 2.86 bits per heavy atom. The Morgan fingerprint density at radius 2 is 2.10 bits per heavy atom. The van der Waals surface area contributed by atoms with Crippen molar-refractivity contribution in [1.82, 2.24) is 10.3 Å². The van der Waals surface area contributed by atoms with Crippen LogP contribution in [0.1, 0.15) is 19.0 Å². The van der Waals surface area contributed by atoms with Crippen LogP contribution < -0.4 is 10.2 Å². The molecule has 0 fully saturated rings. The number of likely N-dealkylation sites (N-methyl/N-ethyl adjacent to an activating group) is 1. The molecule has 4 nitrogen and oxygen atoms in total. The van der Waals surface area contributed by atoms with E-state index in [-0.39, 0.29) is 0 Å². The van der Waals surface area contributed by atoms with Gasteiger partial charge in [0.2, 0.25) is 0 Å². The molecule has 1 aromatic heterocycles. The van der Waals surface area contributed by atoms with E-state index in [1.807, 2.05) is 6.07 Å². The zero-order valence-corrected chi connectivity index (χ0v) is 13.2. The second-order valence-electron chi connectivity index (χ2n) is 5.24. The Balaban J connectivity index is 2.31. The van der Waals surface area contributed by atoms with Crippen molar-refractivity contribution in [2.24, 2.45) is 0 Å². The van der Waals surface area contributed by atoms with Gasteiger partial charge in [0.05, 0.1) is 17.8 Å². The Labute approximate surface area is 127 Å². The lowest BCUT2D eigenvalue weighted by atomic mass is 10.1. The van der Waals surface area contributed by atoms with Crippen LogP contribution in [0.2, 0.25) is 0 Å². The van der Waals surface area contributed by atoms with Crippen LogP contribution in [0.5, 0.6) is 0 Å². The number of aromatic nitrogens is 1. The molecule has 21 heavy (non-hydrogen) atoms. The Bertz CT molecular complexity index is 571. The minimum atomic E-state index is 0.719. The van der Waals surface area contributed by atoms with Crippen LogP contribution in [0.25, 0.3) is 10.9 Å². The average Bonchev–Trinajstić information content (AvgIpc) is 2.52. The van der Waals surface area contributed by atoms with Crippen molar-refractivity contribution in [2.45, 2.75) is 19.9 Å². The summed E-state index contributed by atoms with van der Waals surface area (Å²) in [5, 5.41) is 4.61. The molecule has 114 valence electrons. The second kappa shape index (κ2) is 7.96. The van der Waals surface area contributed by atoms with Crippen LogP contribution >= 0.6 is 0 Å². The second-order valence-corrected chi connectivity index (χ2v) is 5.24. The summed E-state index contributed by atoms with van der Waals surface area (Å²) in [5.41, 5.74) is 3.35. The van der Waals surface area contributed by atoms with Crippen molar-refractivity contribution in [1.29, 1.82) is 0 Å². The predicted octanol–water partition coefficient (Wildman–Crippen LogP) is 2.82. The SMILES string of the molecule is CCCNCc1cc(N(C)CCOC)c2ccccc2n1. The zero-order chi connectivity index (χ0) is 15.1. The van der Waals surface area contributed by atoms with Crippen LogP contribution in [0.15, 0.2) is 30.3 Å². The Kier molecular flexibility index (Phi) is 5.96. The monoisotopic (exact) mass is 287 g/mol. The highest BCUT2D eigenvalue weighted by Gasteiger charge is 2.09. The molecule has 1 aromatic carbocycles. The van der Waals surface area contributed by atoms with Gasteiger partial charge < -0.3 is 15.0 Å². The third-order valence-electron chi connectivity index (χ3n) is 3.52. The van der Waals surface area contributed by atoms with Gasteiger partial charge in [0, 0.05) is 38.3 Å². The molecule has 0 radical (unpaired) electrons. The van der Waals surface area contributed by atoms with Gasteiger partial charge in [-0.05, 0) is 25.1 Å². The highest BCUT2D eigenvalue weighted by atomic mass is 16.5. The summed E-state index contributed by atoms with van der Waals surface area (Å²) < 4.78 is 5.19. The predicted molar refractivity (Wildman–Crippen MR) is 88.9 cm³/mol. The summed E-state index contributed by atoms with van der Waals surface area (Å²) in [7, 11) is 3.84. The fourth-order valence-corrected chi connectivity index (χ4v) is 2.36. The zero-order valence-electron chi connectivity index (χ0n) is 13.2. The standard InChI is InChI=1S/C17H25N3O/c1-4-9-18-13-14-12-17(20(2)10-11-21-3)15-7-5-6-8-16(15)19-14/h5-8,12,18H,4,9-11,13H2,1-3H3. The molecule has 4 heteroatoms. The van der Waals surface area contributed by atoms with E-state index in [2.05, 4.69) is 48.5 Å². The van der Waals surface area contributed by atoms with Gasteiger partial charge in [0.1, 0.15) is 0 Å². The van der Waals surface area contributed by atoms with Crippen molar-refractivity contribution in [3.8, 4) is 0 Å². The number of anilines is 1. The Morgan fingerprint density at radius 1 is 1.29 bits per heavy atom. The minimum absolute atomic E-state index is 0.719. The quantitative estimate of drug-likeness (QED) is 0.758. The van der Waals surface area contributed by atoms with Crippen molar-refractivity contribution in [2.75, 3.05) is 38.8 Å². The molecule has 1 heterocycles. The maximum Gasteiger partial charge on any atom is 0.0726 e. The molecule has 0 aliphatic rings. The summed E-state index contributed by atoms with van der Waals surface area (Å²) in [6, 6.07) is 10.5. The van der Waals surface area contributed by atoms with E-state index in [0.717, 1.165) is 43.9 Å². The first-order chi connectivity index (χ1) is 10.3. The first-order valence-electron chi connectivity index (χ1n) is 7.55. The molecule has 1 N–H and O–H groups in total. The van der Waals surface area contributed by atoms with E-state index < -0.39 is 0 Å². The van der Waals surface area contributed by atoms with E-state index in [0.29, 0.717) is 0 Å². The topological polar surface area (TPSA) is 37.4 Å². The molecule has 0 aliphatic heterocycles. The lowest BCUT2D eigenvalue weighted by Crippen LogP contribution is -2.23. The van der Waals surface area contributed by atoms with Crippen LogP contribution in [0.4, 0.5) is 5.69 Å². The normalized spacial score (nSPS) is 11.0. The van der Waals surface area contributed by atoms with E-state index in [9.17, 15) is 0 Å². The number of fused-ring (bicyclic) bond motifs is 1. The minimum Gasteiger partial charge on any atom is -0.383 e.